The van der Waals surface area contributed by atoms with E-state index in [1.165, 1.54) is 13.2 Å². The van der Waals surface area contributed by atoms with Crippen molar-refractivity contribution in [2.75, 3.05) is 13.7 Å². The Kier molecular flexibility index (Phi) is 11.0. The van der Waals surface area contributed by atoms with Gasteiger partial charge >= 0.3 is 0 Å². The molecule has 0 aromatic rings. The molecule has 2 atom stereocenters. The van der Waals surface area contributed by atoms with E-state index in [-0.39, 0.29) is 30.2 Å². The number of allylic oxidation sites excluding steroid dienone is 5. The molecule has 5 heteroatoms. The van der Waals surface area contributed by atoms with Crippen molar-refractivity contribution in [2.45, 2.75) is 96.2 Å². The predicted octanol–water partition coefficient (Wildman–Crippen LogP) is 8.71. The Morgan fingerprint density at radius 3 is 2.21 bits per heavy atom. The molecule has 0 aliphatic heterocycles. The van der Waals surface area contributed by atoms with Gasteiger partial charge in [-0.1, -0.05) is 32.1 Å². The van der Waals surface area contributed by atoms with Gasteiger partial charge in [0.2, 0.25) is 0 Å². The topological polar surface area (TPSA) is 18.5 Å². The summed E-state index contributed by atoms with van der Waals surface area (Å²) < 4.78 is 55.2. The lowest BCUT2D eigenvalue weighted by Gasteiger charge is -2.31. The molecule has 0 aromatic heterocycles. The first-order valence-electron chi connectivity index (χ1n) is 13.3. The van der Waals surface area contributed by atoms with Crippen LogP contribution in [0, 0.1) is 23.7 Å². The number of hydrogen-bond acceptors (Lipinski definition) is 2. The van der Waals surface area contributed by atoms with E-state index in [2.05, 4.69) is 13.5 Å². The summed E-state index contributed by atoms with van der Waals surface area (Å²) in [5.74, 6) is -0.112. The van der Waals surface area contributed by atoms with E-state index in [1.54, 1.807) is 12.2 Å². The highest BCUT2D eigenvalue weighted by Gasteiger charge is 2.29. The van der Waals surface area contributed by atoms with E-state index in [0.717, 1.165) is 64.2 Å². The Bertz CT molecular complexity index is 740. The second-order valence-electron chi connectivity index (χ2n) is 10.5. The lowest BCUT2D eigenvalue weighted by atomic mass is 9.76. The Morgan fingerprint density at radius 1 is 0.971 bits per heavy atom. The molecular formula is C29H43F3O2. The fourth-order valence-corrected chi connectivity index (χ4v) is 5.94. The summed E-state index contributed by atoms with van der Waals surface area (Å²) in [6.07, 6.45) is 14.6. The molecule has 0 N–H and O–H groups in total. The van der Waals surface area contributed by atoms with Gasteiger partial charge < -0.3 is 9.47 Å². The van der Waals surface area contributed by atoms with Crippen molar-refractivity contribution in [3.8, 4) is 0 Å². The number of halogens is 3. The highest BCUT2D eigenvalue weighted by atomic mass is 19.2. The second-order valence-corrected chi connectivity index (χ2v) is 10.5. The van der Waals surface area contributed by atoms with Crippen LogP contribution in [0.15, 0.2) is 47.9 Å². The van der Waals surface area contributed by atoms with E-state index < -0.39 is 17.8 Å². The molecule has 2 unspecified atom stereocenters. The maximum absolute atomic E-state index is 15.2. The summed E-state index contributed by atoms with van der Waals surface area (Å²) in [5, 5.41) is 0. The van der Waals surface area contributed by atoms with E-state index >= 15 is 4.39 Å². The fraction of sp³-hybridized carbons (Fsp3) is 0.724. The monoisotopic (exact) mass is 480 g/mol. The molecule has 0 saturated heterocycles. The molecule has 0 spiro atoms. The van der Waals surface area contributed by atoms with Crippen molar-refractivity contribution in [3.63, 3.8) is 0 Å². The first-order chi connectivity index (χ1) is 16.4. The van der Waals surface area contributed by atoms with Crippen LogP contribution in [0.4, 0.5) is 13.2 Å². The van der Waals surface area contributed by atoms with Crippen molar-refractivity contribution < 1.29 is 22.6 Å². The lowest BCUT2D eigenvalue weighted by Crippen LogP contribution is -2.26. The largest absolute Gasteiger partial charge is 0.374 e. The normalized spacial score (nSPS) is 33.8. The first-order valence-corrected chi connectivity index (χ1v) is 13.3. The number of methoxy groups -OCH3 is 1. The van der Waals surface area contributed by atoms with Gasteiger partial charge in [0.25, 0.3) is 0 Å². The van der Waals surface area contributed by atoms with Crippen molar-refractivity contribution in [1.29, 1.82) is 0 Å². The zero-order chi connectivity index (χ0) is 24.5. The fourth-order valence-electron chi connectivity index (χ4n) is 5.94. The Morgan fingerprint density at radius 2 is 1.62 bits per heavy atom. The van der Waals surface area contributed by atoms with E-state index in [4.69, 9.17) is 9.47 Å². The SMILES string of the molecule is C=C/C=C(\C(F)=C(\F)CC1CCC(COC2C=C(F)C(OC)CC2)CC1)C1CCC(CC)CC1. The van der Waals surface area contributed by atoms with Gasteiger partial charge in [-0.25, -0.2) is 13.2 Å². The maximum Gasteiger partial charge on any atom is 0.158 e. The zero-order valence-electron chi connectivity index (χ0n) is 21.0. The van der Waals surface area contributed by atoms with Gasteiger partial charge in [0.15, 0.2) is 5.83 Å². The lowest BCUT2D eigenvalue weighted by molar-refractivity contribution is 0.0126. The zero-order valence-corrected chi connectivity index (χ0v) is 21.0. The molecular weight excluding hydrogens is 437 g/mol. The van der Waals surface area contributed by atoms with Crippen molar-refractivity contribution in [3.05, 3.63) is 47.9 Å². The minimum Gasteiger partial charge on any atom is -0.374 e. The van der Waals surface area contributed by atoms with Gasteiger partial charge in [-0.3, -0.25) is 0 Å². The molecule has 0 aromatic carbocycles. The molecule has 2 fully saturated rings. The minimum absolute atomic E-state index is 0.0947. The number of ether oxygens (including phenoxy) is 2. The van der Waals surface area contributed by atoms with Crippen LogP contribution >= 0.6 is 0 Å². The summed E-state index contributed by atoms with van der Waals surface area (Å²) in [5.41, 5.74) is 0.507. The molecule has 3 aliphatic rings. The van der Waals surface area contributed by atoms with Gasteiger partial charge in [-0.15, -0.1) is 0 Å². The molecule has 2 saturated carbocycles. The Balaban J connectivity index is 1.46. The van der Waals surface area contributed by atoms with Crippen molar-refractivity contribution >= 4 is 0 Å². The molecule has 2 nitrogen and oxygen atoms in total. The average Bonchev–Trinajstić information content (AvgIpc) is 2.86. The second kappa shape index (κ2) is 13.7. The maximum atomic E-state index is 15.2. The highest BCUT2D eigenvalue weighted by molar-refractivity contribution is 5.33. The number of hydrogen-bond donors (Lipinski definition) is 0. The third kappa shape index (κ3) is 7.58. The molecule has 0 amide bonds. The van der Waals surface area contributed by atoms with Gasteiger partial charge in [-0.2, -0.15) is 0 Å². The number of rotatable bonds is 10. The summed E-state index contributed by atoms with van der Waals surface area (Å²) in [4.78, 5) is 0. The van der Waals surface area contributed by atoms with Crippen LogP contribution in [-0.2, 0) is 9.47 Å². The Labute approximate surface area is 204 Å². The molecule has 0 bridgehead atoms. The molecule has 34 heavy (non-hydrogen) atoms. The summed E-state index contributed by atoms with van der Waals surface area (Å²) in [6, 6.07) is 0. The first kappa shape index (κ1) is 27.3. The smallest absolute Gasteiger partial charge is 0.158 e. The van der Waals surface area contributed by atoms with Gasteiger partial charge in [-0.05, 0) is 99.5 Å². The molecule has 0 heterocycles. The van der Waals surface area contributed by atoms with Crippen LogP contribution in [0.2, 0.25) is 0 Å². The van der Waals surface area contributed by atoms with Crippen LogP contribution in [0.1, 0.15) is 84.0 Å². The van der Waals surface area contributed by atoms with E-state index in [9.17, 15) is 8.78 Å². The summed E-state index contributed by atoms with van der Waals surface area (Å²) >= 11 is 0. The van der Waals surface area contributed by atoms with Gasteiger partial charge in [0, 0.05) is 13.5 Å². The van der Waals surface area contributed by atoms with E-state index in [0.29, 0.717) is 30.4 Å². The standard InChI is InChI=1S/C29H43F3O2/c1-4-6-25(23-13-11-20(5-2)12-14-23)29(32)27(31)17-21-7-9-22(10-8-21)19-34-24-15-16-28(33-3)26(30)18-24/h4,6,18,20-24,28H,1,5,7-17,19H2,2-3H3/b25-6-,29-27-. The highest BCUT2D eigenvalue weighted by Crippen LogP contribution is 2.41. The Hall–Kier alpha value is -1.33. The van der Waals surface area contributed by atoms with Crippen LogP contribution < -0.4 is 0 Å². The third-order valence-electron chi connectivity index (χ3n) is 8.28. The van der Waals surface area contributed by atoms with Crippen LogP contribution in [0.25, 0.3) is 0 Å². The summed E-state index contributed by atoms with van der Waals surface area (Å²) in [6.45, 7) is 6.53. The predicted molar refractivity (Wildman–Crippen MR) is 132 cm³/mol. The summed E-state index contributed by atoms with van der Waals surface area (Å²) in [7, 11) is 1.52. The van der Waals surface area contributed by atoms with Crippen molar-refractivity contribution in [1.82, 2.24) is 0 Å². The minimum atomic E-state index is -0.647. The van der Waals surface area contributed by atoms with Gasteiger partial charge in [0.1, 0.15) is 17.8 Å². The van der Waals surface area contributed by atoms with Crippen LogP contribution in [0.5, 0.6) is 0 Å². The van der Waals surface area contributed by atoms with Gasteiger partial charge in [0.05, 0.1) is 12.7 Å². The molecule has 192 valence electrons. The molecule has 3 aliphatic carbocycles. The van der Waals surface area contributed by atoms with E-state index in [1.807, 2.05) is 0 Å². The molecule has 0 radical (unpaired) electrons. The van der Waals surface area contributed by atoms with Crippen LogP contribution in [-0.4, -0.2) is 25.9 Å². The third-order valence-corrected chi connectivity index (χ3v) is 8.28. The average molecular weight is 481 g/mol. The van der Waals surface area contributed by atoms with Crippen LogP contribution in [0.3, 0.4) is 0 Å². The van der Waals surface area contributed by atoms with Crippen molar-refractivity contribution in [2.24, 2.45) is 23.7 Å². The molecule has 3 rings (SSSR count). The quantitative estimate of drug-likeness (QED) is 0.291.